The number of rotatable bonds is 16. The lowest BCUT2D eigenvalue weighted by molar-refractivity contribution is -0.153. The average molecular weight is 640 g/mol. The van der Waals surface area contributed by atoms with Crippen LogP contribution in [0.25, 0.3) is 10.9 Å². The van der Waals surface area contributed by atoms with Crippen molar-refractivity contribution in [3.8, 4) is 11.5 Å². The molecule has 1 atom stereocenters. The highest BCUT2D eigenvalue weighted by Gasteiger charge is 2.31. The SMILES string of the molecule is C[C@H](Cc1cc(C(N)=O)c2c(ccn2CCCOC(=O)C(C)(C)c2ccccc2)c1)NCCOc1ccccc1OCC(F)(F)F. The van der Waals surface area contributed by atoms with Gasteiger partial charge in [0.1, 0.15) is 6.61 Å². The van der Waals surface area contributed by atoms with Crippen LogP contribution in [0.5, 0.6) is 11.5 Å². The molecule has 0 radical (unpaired) electrons. The van der Waals surface area contributed by atoms with Gasteiger partial charge < -0.3 is 29.8 Å². The molecule has 1 heterocycles. The number of nitrogens with two attached hydrogens (primary N) is 1. The van der Waals surface area contributed by atoms with Crippen LogP contribution in [0, 0.1) is 0 Å². The number of fused-ring (bicyclic) bond motifs is 1. The second-order valence-electron chi connectivity index (χ2n) is 11.7. The van der Waals surface area contributed by atoms with Gasteiger partial charge in [-0.15, -0.1) is 0 Å². The Morgan fingerprint density at radius 3 is 2.28 bits per heavy atom. The van der Waals surface area contributed by atoms with Crippen molar-refractivity contribution in [3.05, 3.63) is 95.7 Å². The Labute approximate surface area is 266 Å². The van der Waals surface area contributed by atoms with Crippen LogP contribution in [0.15, 0.2) is 79.0 Å². The third kappa shape index (κ3) is 9.26. The monoisotopic (exact) mass is 639 g/mol. The number of hydrogen-bond donors (Lipinski definition) is 2. The topological polar surface area (TPSA) is 105 Å². The lowest BCUT2D eigenvalue weighted by Gasteiger charge is -2.23. The fourth-order valence-electron chi connectivity index (χ4n) is 5.20. The van der Waals surface area contributed by atoms with E-state index in [1.54, 1.807) is 24.3 Å². The number of halogens is 3. The van der Waals surface area contributed by atoms with Crippen LogP contribution < -0.4 is 20.5 Å². The summed E-state index contributed by atoms with van der Waals surface area (Å²) in [5, 5.41) is 4.21. The molecule has 11 heteroatoms. The second-order valence-corrected chi connectivity index (χ2v) is 11.7. The number of ether oxygens (including phenoxy) is 3. The Hall–Kier alpha value is -4.51. The Kier molecular flexibility index (Phi) is 11.3. The van der Waals surface area contributed by atoms with Crippen LogP contribution in [0.4, 0.5) is 13.2 Å². The van der Waals surface area contributed by atoms with E-state index in [1.807, 2.05) is 74.0 Å². The van der Waals surface area contributed by atoms with Gasteiger partial charge in [0.25, 0.3) is 5.91 Å². The lowest BCUT2D eigenvalue weighted by atomic mass is 9.85. The summed E-state index contributed by atoms with van der Waals surface area (Å²) in [7, 11) is 0. The zero-order valence-electron chi connectivity index (χ0n) is 26.2. The molecule has 0 fully saturated rings. The highest BCUT2D eigenvalue weighted by atomic mass is 19.4. The molecule has 3 aromatic carbocycles. The van der Waals surface area contributed by atoms with E-state index in [2.05, 4.69) is 5.32 Å². The van der Waals surface area contributed by atoms with E-state index >= 15 is 0 Å². The molecule has 0 unspecified atom stereocenters. The average Bonchev–Trinajstić information content (AvgIpc) is 3.42. The van der Waals surface area contributed by atoms with Crippen LogP contribution in [-0.4, -0.2) is 55.0 Å². The number of carbonyl (C=O) groups excluding carboxylic acids is 2. The fourth-order valence-corrected chi connectivity index (χ4v) is 5.20. The van der Waals surface area contributed by atoms with E-state index in [0.717, 1.165) is 22.0 Å². The lowest BCUT2D eigenvalue weighted by Crippen LogP contribution is -2.32. The summed E-state index contributed by atoms with van der Waals surface area (Å²) < 4.78 is 55.7. The van der Waals surface area contributed by atoms with Crippen molar-refractivity contribution in [2.75, 3.05) is 26.4 Å². The molecule has 4 rings (SSSR count). The summed E-state index contributed by atoms with van der Waals surface area (Å²) in [4.78, 5) is 25.3. The van der Waals surface area contributed by atoms with Crippen LogP contribution in [0.1, 0.15) is 48.7 Å². The Balaban J connectivity index is 1.30. The van der Waals surface area contributed by atoms with Crippen molar-refractivity contribution in [1.82, 2.24) is 9.88 Å². The van der Waals surface area contributed by atoms with Gasteiger partial charge in [-0.05, 0) is 75.1 Å². The molecule has 8 nitrogen and oxygen atoms in total. The molecule has 0 spiro atoms. The van der Waals surface area contributed by atoms with Crippen molar-refractivity contribution >= 4 is 22.8 Å². The fraction of sp³-hybridized carbons (Fsp3) is 0.371. The number of amides is 1. The maximum Gasteiger partial charge on any atom is 0.422 e. The van der Waals surface area contributed by atoms with Crippen molar-refractivity contribution in [1.29, 1.82) is 0 Å². The van der Waals surface area contributed by atoms with Gasteiger partial charge in [0.05, 0.1) is 23.1 Å². The molecule has 1 aromatic heterocycles. The first-order valence-corrected chi connectivity index (χ1v) is 15.1. The van der Waals surface area contributed by atoms with Crippen molar-refractivity contribution < 1.29 is 37.0 Å². The van der Waals surface area contributed by atoms with E-state index in [0.29, 0.717) is 31.5 Å². The highest BCUT2D eigenvalue weighted by Crippen LogP contribution is 2.29. The number of carbonyl (C=O) groups is 2. The number of aryl methyl sites for hydroxylation is 1. The first-order chi connectivity index (χ1) is 21.8. The largest absolute Gasteiger partial charge is 0.488 e. The predicted octanol–water partition coefficient (Wildman–Crippen LogP) is 6.19. The quantitative estimate of drug-likeness (QED) is 0.112. The zero-order valence-corrected chi connectivity index (χ0v) is 26.2. The minimum atomic E-state index is -4.44. The molecule has 0 bridgehead atoms. The van der Waals surface area contributed by atoms with E-state index in [-0.39, 0.29) is 36.7 Å². The van der Waals surface area contributed by atoms with Crippen molar-refractivity contribution in [2.45, 2.75) is 57.8 Å². The highest BCUT2D eigenvalue weighted by molar-refractivity contribution is 6.05. The summed E-state index contributed by atoms with van der Waals surface area (Å²) in [5.74, 6) is -0.576. The Morgan fingerprint density at radius 1 is 0.935 bits per heavy atom. The van der Waals surface area contributed by atoms with Crippen molar-refractivity contribution in [3.63, 3.8) is 0 Å². The number of alkyl halides is 3. The van der Waals surface area contributed by atoms with Crippen LogP contribution in [0.2, 0.25) is 0 Å². The van der Waals surface area contributed by atoms with Crippen LogP contribution in [-0.2, 0) is 27.9 Å². The van der Waals surface area contributed by atoms with Gasteiger partial charge >= 0.3 is 12.1 Å². The van der Waals surface area contributed by atoms with Crippen LogP contribution >= 0.6 is 0 Å². The first-order valence-electron chi connectivity index (χ1n) is 15.1. The number of hydrogen-bond acceptors (Lipinski definition) is 6. The Morgan fingerprint density at radius 2 is 1.61 bits per heavy atom. The number of esters is 1. The predicted molar refractivity (Wildman–Crippen MR) is 170 cm³/mol. The molecule has 246 valence electrons. The smallest absolute Gasteiger partial charge is 0.422 e. The molecular weight excluding hydrogens is 599 g/mol. The molecule has 0 aliphatic heterocycles. The summed E-state index contributed by atoms with van der Waals surface area (Å²) in [6, 6.07) is 21.5. The molecule has 4 aromatic rings. The van der Waals surface area contributed by atoms with Gasteiger partial charge in [-0.1, -0.05) is 42.5 Å². The molecule has 1 amide bonds. The molecule has 0 saturated heterocycles. The third-order valence-electron chi connectivity index (χ3n) is 7.60. The first kappa shape index (κ1) is 34.4. The van der Waals surface area contributed by atoms with Gasteiger partial charge in [-0.2, -0.15) is 13.2 Å². The minimum Gasteiger partial charge on any atom is -0.488 e. The number of primary amides is 1. The third-order valence-corrected chi connectivity index (χ3v) is 7.60. The van der Waals surface area contributed by atoms with E-state index in [1.165, 1.54) is 6.07 Å². The molecule has 0 saturated carbocycles. The Bertz CT molecular complexity index is 1620. The number of aromatic nitrogens is 1. The number of benzene rings is 3. The minimum absolute atomic E-state index is 0.00425. The molecule has 46 heavy (non-hydrogen) atoms. The van der Waals surface area contributed by atoms with E-state index in [4.69, 9.17) is 19.9 Å². The molecular formula is C35H40F3N3O5. The van der Waals surface area contributed by atoms with Gasteiger partial charge in [-0.3, -0.25) is 9.59 Å². The number of nitrogens with zero attached hydrogens (tertiary/aromatic N) is 1. The number of nitrogens with one attached hydrogen (secondary N) is 1. The number of para-hydroxylation sites is 2. The summed E-state index contributed by atoms with van der Waals surface area (Å²) in [6.07, 6.45) is -1.39. The van der Waals surface area contributed by atoms with Gasteiger partial charge in [0.15, 0.2) is 18.1 Å². The van der Waals surface area contributed by atoms with Crippen molar-refractivity contribution in [2.24, 2.45) is 5.73 Å². The van der Waals surface area contributed by atoms with Crippen LogP contribution in [0.3, 0.4) is 0 Å². The maximum absolute atomic E-state index is 12.8. The summed E-state index contributed by atoms with van der Waals surface area (Å²) in [5.41, 5.74) is 7.96. The zero-order chi connectivity index (χ0) is 33.3. The molecule has 0 aliphatic rings. The standard InChI is InChI=1S/C35H40F3N3O5/c1-24(40-15-19-44-29-12-7-8-13-30(29)46-23-35(36,37)38)20-25-21-26-14-17-41(31(26)28(22-25)32(39)42)16-9-18-45-33(43)34(2,3)27-10-5-4-6-11-27/h4-8,10-14,17,21-22,24,40H,9,15-16,18-20,23H2,1-3H3,(H2,39,42)/t24-/m1/s1. The molecule has 0 aliphatic carbocycles. The van der Waals surface area contributed by atoms with E-state index < -0.39 is 24.1 Å². The second kappa shape index (κ2) is 15.2. The maximum atomic E-state index is 12.8. The van der Waals surface area contributed by atoms with Gasteiger partial charge in [0, 0.05) is 30.7 Å². The van der Waals surface area contributed by atoms with Gasteiger partial charge in [-0.25, -0.2) is 0 Å². The van der Waals surface area contributed by atoms with E-state index in [9.17, 15) is 22.8 Å². The van der Waals surface area contributed by atoms with Gasteiger partial charge in [0.2, 0.25) is 0 Å². The summed E-state index contributed by atoms with van der Waals surface area (Å²) in [6.45, 7) is 5.68. The summed E-state index contributed by atoms with van der Waals surface area (Å²) >= 11 is 0. The normalized spacial score (nSPS) is 12.6. The molecule has 3 N–H and O–H groups in total.